The van der Waals surface area contributed by atoms with Crippen molar-refractivity contribution in [1.82, 2.24) is 4.90 Å². The first kappa shape index (κ1) is 23.1. The molecule has 6 heteroatoms. The number of amides is 1. The van der Waals surface area contributed by atoms with E-state index in [0.29, 0.717) is 38.7 Å². The average Bonchev–Trinajstić information content (AvgIpc) is 3.53. The number of hydrogen-bond donors (Lipinski definition) is 1. The van der Waals surface area contributed by atoms with Gasteiger partial charge in [-0.05, 0) is 38.0 Å². The Bertz CT molecular complexity index is 829. The Hall–Kier alpha value is -2.60. The topological polar surface area (TPSA) is 64.2 Å². The number of carbonyl (C=O) groups is 2. The van der Waals surface area contributed by atoms with E-state index in [1.807, 2.05) is 49.1 Å². The Morgan fingerprint density at radius 1 is 1.16 bits per heavy atom. The molecule has 0 bridgehead atoms. The maximum absolute atomic E-state index is 13.3. The third kappa shape index (κ3) is 7.87. The fourth-order valence-electron chi connectivity index (χ4n) is 3.89. The Morgan fingerprint density at radius 3 is 2.58 bits per heavy atom. The fraction of sp³-hybridized carbons (Fsp3) is 0.520. The van der Waals surface area contributed by atoms with Crippen LogP contribution in [0.1, 0.15) is 49.7 Å². The third-order valence-corrected chi connectivity index (χ3v) is 5.73. The number of esters is 1. The number of hydrogen-bond acceptors (Lipinski definition) is 4. The highest BCUT2D eigenvalue weighted by Crippen LogP contribution is 2.16. The van der Waals surface area contributed by atoms with Gasteiger partial charge in [-0.15, -0.1) is 0 Å². The van der Waals surface area contributed by atoms with Gasteiger partial charge in [-0.1, -0.05) is 30.3 Å². The Morgan fingerprint density at radius 2 is 1.94 bits per heavy atom. The van der Waals surface area contributed by atoms with Gasteiger partial charge in [0, 0.05) is 25.8 Å². The van der Waals surface area contributed by atoms with Crippen LogP contribution in [-0.4, -0.2) is 49.1 Å². The van der Waals surface area contributed by atoms with E-state index in [2.05, 4.69) is 12.1 Å². The van der Waals surface area contributed by atoms with Gasteiger partial charge < -0.3 is 19.0 Å². The molecule has 31 heavy (non-hydrogen) atoms. The number of aryl methyl sites for hydroxylation is 1. The minimum Gasteiger partial charge on any atom is -0.466 e. The van der Waals surface area contributed by atoms with Crippen LogP contribution in [0.5, 0.6) is 0 Å². The zero-order chi connectivity index (χ0) is 22.1. The van der Waals surface area contributed by atoms with E-state index in [4.69, 9.17) is 9.15 Å². The van der Waals surface area contributed by atoms with E-state index < -0.39 is 0 Å². The smallest absolute Gasteiger partial charge is 0.305 e. The van der Waals surface area contributed by atoms with Crippen LogP contribution < -0.4 is 4.90 Å². The van der Waals surface area contributed by atoms with Crippen molar-refractivity contribution in [1.29, 1.82) is 0 Å². The summed E-state index contributed by atoms with van der Waals surface area (Å²) in [6.45, 7) is 6.58. The van der Waals surface area contributed by atoms with Crippen molar-refractivity contribution in [3.63, 3.8) is 0 Å². The summed E-state index contributed by atoms with van der Waals surface area (Å²) in [6, 6.07) is 14.7. The zero-order valence-corrected chi connectivity index (χ0v) is 18.8. The number of rotatable bonds is 13. The lowest BCUT2D eigenvalue weighted by Gasteiger charge is -2.25. The van der Waals surface area contributed by atoms with E-state index in [1.165, 1.54) is 10.5 Å². The average molecular weight is 428 g/mol. The summed E-state index contributed by atoms with van der Waals surface area (Å²) in [6.07, 6.45) is 4.29. The summed E-state index contributed by atoms with van der Waals surface area (Å²) in [5.74, 6) is 1.66. The molecule has 1 aliphatic carbocycles. The van der Waals surface area contributed by atoms with Gasteiger partial charge in [-0.2, -0.15) is 0 Å². The van der Waals surface area contributed by atoms with Gasteiger partial charge >= 0.3 is 5.97 Å². The molecule has 1 N–H and O–H groups in total. The largest absolute Gasteiger partial charge is 0.466 e. The number of quaternary nitrogens is 1. The summed E-state index contributed by atoms with van der Waals surface area (Å²) in [5, 5.41) is 0. The molecule has 1 atom stereocenters. The second-order valence-corrected chi connectivity index (χ2v) is 8.33. The Labute approximate surface area is 185 Å². The van der Waals surface area contributed by atoms with Gasteiger partial charge in [0.15, 0.2) is 6.54 Å². The van der Waals surface area contributed by atoms with Crippen LogP contribution >= 0.6 is 0 Å². The normalized spacial score (nSPS) is 14.3. The van der Waals surface area contributed by atoms with Crippen LogP contribution in [0.25, 0.3) is 0 Å². The molecule has 1 fully saturated rings. The summed E-state index contributed by atoms with van der Waals surface area (Å²) in [4.78, 5) is 28.1. The van der Waals surface area contributed by atoms with E-state index in [9.17, 15) is 9.59 Å². The molecule has 0 saturated heterocycles. The van der Waals surface area contributed by atoms with Gasteiger partial charge in [0.1, 0.15) is 11.5 Å². The summed E-state index contributed by atoms with van der Waals surface area (Å²) >= 11 is 0. The molecule has 1 amide bonds. The van der Waals surface area contributed by atoms with Gasteiger partial charge in [0.05, 0.1) is 32.2 Å². The van der Waals surface area contributed by atoms with Crippen molar-refractivity contribution in [3.05, 3.63) is 59.5 Å². The van der Waals surface area contributed by atoms with Crippen LogP contribution in [-0.2, 0) is 27.3 Å². The second kappa shape index (κ2) is 11.7. The van der Waals surface area contributed by atoms with Crippen LogP contribution in [0.4, 0.5) is 0 Å². The molecule has 2 aromatic rings. The standard InChI is InChI=1S/C25H34N2O4/c1-3-30-25(29)10-7-16-26(22-12-13-22)19-24(28)27(18-23-14-11-20(2)31-23)17-15-21-8-5-4-6-9-21/h4-6,8-9,11,14,22H,3,7,10,12-13,15-19H2,1-2H3/p+1. The molecule has 1 aromatic carbocycles. The maximum Gasteiger partial charge on any atom is 0.305 e. The highest BCUT2D eigenvalue weighted by atomic mass is 16.5. The van der Waals surface area contributed by atoms with Crippen LogP contribution in [0.15, 0.2) is 46.9 Å². The molecule has 1 aromatic heterocycles. The van der Waals surface area contributed by atoms with Gasteiger partial charge in [-0.25, -0.2) is 0 Å². The molecule has 1 saturated carbocycles. The number of nitrogens with one attached hydrogen (secondary N) is 1. The van der Waals surface area contributed by atoms with Crippen molar-refractivity contribution in [2.45, 2.75) is 58.5 Å². The molecular weight excluding hydrogens is 392 g/mol. The van der Waals surface area contributed by atoms with E-state index in [0.717, 1.165) is 43.7 Å². The van der Waals surface area contributed by atoms with Crippen LogP contribution in [0.3, 0.4) is 0 Å². The first-order valence-electron chi connectivity index (χ1n) is 11.4. The van der Waals surface area contributed by atoms with Gasteiger partial charge in [-0.3, -0.25) is 9.59 Å². The number of nitrogens with zero attached hydrogens (tertiary/aromatic N) is 1. The lowest BCUT2D eigenvalue weighted by molar-refractivity contribution is -0.903. The molecule has 1 unspecified atom stereocenters. The van der Waals surface area contributed by atoms with Gasteiger partial charge in [0.2, 0.25) is 0 Å². The first-order chi connectivity index (χ1) is 15.0. The number of carbonyl (C=O) groups excluding carboxylic acids is 2. The lowest BCUT2D eigenvalue weighted by atomic mass is 10.1. The van der Waals surface area contributed by atoms with Crippen molar-refractivity contribution in [2.75, 3.05) is 26.2 Å². The number of benzene rings is 1. The van der Waals surface area contributed by atoms with Crippen molar-refractivity contribution >= 4 is 11.9 Å². The van der Waals surface area contributed by atoms with E-state index in [1.54, 1.807) is 0 Å². The molecule has 3 rings (SSSR count). The van der Waals surface area contributed by atoms with E-state index >= 15 is 0 Å². The molecule has 1 heterocycles. The number of furan rings is 1. The Balaban J connectivity index is 1.59. The van der Waals surface area contributed by atoms with Crippen molar-refractivity contribution in [2.24, 2.45) is 0 Å². The predicted molar refractivity (Wildman–Crippen MR) is 119 cm³/mol. The predicted octanol–water partition coefficient (Wildman–Crippen LogP) is 2.55. The molecule has 0 aliphatic heterocycles. The monoisotopic (exact) mass is 427 g/mol. The molecular formula is C25H35N2O4+. The molecule has 0 spiro atoms. The second-order valence-electron chi connectivity index (χ2n) is 8.33. The van der Waals surface area contributed by atoms with Crippen molar-refractivity contribution in [3.8, 4) is 0 Å². The quantitative estimate of drug-likeness (QED) is 0.499. The summed E-state index contributed by atoms with van der Waals surface area (Å²) < 4.78 is 10.8. The molecule has 1 aliphatic rings. The highest BCUT2D eigenvalue weighted by molar-refractivity contribution is 5.77. The summed E-state index contributed by atoms with van der Waals surface area (Å²) in [5.41, 5.74) is 1.22. The minimum absolute atomic E-state index is 0.142. The van der Waals surface area contributed by atoms with Crippen LogP contribution in [0, 0.1) is 6.92 Å². The lowest BCUT2D eigenvalue weighted by Crippen LogP contribution is -3.14. The molecule has 168 valence electrons. The Kier molecular flexibility index (Phi) is 8.71. The minimum atomic E-state index is -0.151. The highest BCUT2D eigenvalue weighted by Gasteiger charge is 2.35. The zero-order valence-electron chi connectivity index (χ0n) is 18.8. The first-order valence-corrected chi connectivity index (χ1v) is 11.4. The number of ether oxygens (including phenoxy) is 1. The summed E-state index contributed by atoms with van der Waals surface area (Å²) in [7, 11) is 0. The fourth-order valence-corrected chi connectivity index (χ4v) is 3.89. The van der Waals surface area contributed by atoms with Crippen molar-refractivity contribution < 1.29 is 23.6 Å². The van der Waals surface area contributed by atoms with E-state index in [-0.39, 0.29) is 11.9 Å². The molecule has 0 radical (unpaired) electrons. The van der Waals surface area contributed by atoms with Crippen LogP contribution in [0.2, 0.25) is 0 Å². The molecule has 6 nitrogen and oxygen atoms in total. The third-order valence-electron chi connectivity index (χ3n) is 5.73. The SMILES string of the molecule is CCOC(=O)CCC[NH+](CC(=O)N(CCc1ccccc1)Cc1ccc(C)o1)C1CC1. The van der Waals surface area contributed by atoms with Gasteiger partial charge in [0.25, 0.3) is 5.91 Å². The maximum atomic E-state index is 13.3.